The van der Waals surface area contributed by atoms with Crippen LogP contribution in [0.25, 0.3) is 6.08 Å². The number of carboxylic acid groups (broad SMARTS) is 1. The monoisotopic (exact) mass is 278 g/mol. The Morgan fingerprint density at radius 3 is 2.89 bits per heavy atom. The first-order chi connectivity index (χ1) is 8.99. The summed E-state index contributed by atoms with van der Waals surface area (Å²) in [7, 11) is 0. The summed E-state index contributed by atoms with van der Waals surface area (Å²) in [5, 5.41) is 10.2. The molecule has 0 unspecified atom stereocenters. The molecule has 2 aliphatic rings. The van der Waals surface area contributed by atoms with E-state index in [1.54, 1.807) is 19.9 Å². The second-order valence-corrected chi connectivity index (χ2v) is 5.21. The molecule has 0 spiro atoms. The number of hydrogen-bond acceptors (Lipinski definition) is 5. The number of carbonyl (C=O) groups is 2. The maximum Gasteiger partial charge on any atom is 0.353 e. The van der Waals surface area contributed by atoms with Crippen LogP contribution in [0.4, 0.5) is 0 Å². The molecule has 0 radical (unpaired) electrons. The van der Waals surface area contributed by atoms with Gasteiger partial charge in [-0.25, -0.2) is 9.78 Å². The molecule has 1 aromatic heterocycles. The van der Waals surface area contributed by atoms with Gasteiger partial charge in [0.15, 0.2) is 11.7 Å². The van der Waals surface area contributed by atoms with E-state index in [0.29, 0.717) is 22.9 Å². The van der Waals surface area contributed by atoms with Gasteiger partial charge in [-0.3, -0.25) is 9.69 Å². The van der Waals surface area contributed by atoms with Crippen molar-refractivity contribution < 1.29 is 19.1 Å². The van der Waals surface area contributed by atoms with Crippen molar-refractivity contribution in [2.75, 3.05) is 0 Å². The number of carbonyl (C=O) groups excluding carboxylic acids is 1. The maximum absolute atomic E-state index is 12.0. The predicted octanol–water partition coefficient (Wildman–Crippen LogP) is 1.52. The Morgan fingerprint density at radius 1 is 1.58 bits per heavy atom. The van der Waals surface area contributed by atoms with Crippen LogP contribution in [0.15, 0.2) is 21.1 Å². The number of rotatable bonds is 2. The minimum atomic E-state index is -1.09. The summed E-state index contributed by atoms with van der Waals surface area (Å²) in [5.41, 5.74) is 1.28. The fourth-order valence-electron chi connectivity index (χ4n) is 2.09. The van der Waals surface area contributed by atoms with Gasteiger partial charge >= 0.3 is 5.97 Å². The smallest absolute Gasteiger partial charge is 0.353 e. The van der Waals surface area contributed by atoms with E-state index in [2.05, 4.69) is 4.98 Å². The van der Waals surface area contributed by atoms with Gasteiger partial charge < -0.3 is 9.52 Å². The van der Waals surface area contributed by atoms with Crippen molar-refractivity contribution in [3.63, 3.8) is 0 Å². The third-order valence-corrected chi connectivity index (χ3v) is 4.06. The first kappa shape index (κ1) is 12.0. The Kier molecular flexibility index (Phi) is 2.53. The molecule has 3 heterocycles. The Hall–Kier alpha value is -2.02. The summed E-state index contributed by atoms with van der Waals surface area (Å²) in [6.07, 6.45) is 1.64. The van der Waals surface area contributed by atoms with Crippen molar-refractivity contribution in [1.82, 2.24) is 9.88 Å². The highest BCUT2D eigenvalue weighted by Gasteiger charge is 2.49. The molecular weight excluding hydrogens is 268 g/mol. The van der Waals surface area contributed by atoms with E-state index in [4.69, 9.17) is 9.52 Å². The van der Waals surface area contributed by atoms with Crippen LogP contribution in [0.2, 0.25) is 0 Å². The first-order valence-electron chi connectivity index (χ1n) is 5.57. The van der Waals surface area contributed by atoms with Gasteiger partial charge in [-0.1, -0.05) is 0 Å². The first-order valence-corrected chi connectivity index (χ1v) is 6.51. The Bertz CT molecular complexity index is 659. The Balaban J connectivity index is 1.89. The maximum atomic E-state index is 12.0. The molecule has 6 nitrogen and oxygen atoms in total. The molecule has 98 valence electrons. The van der Waals surface area contributed by atoms with Crippen LogP contribution in [-0.4, -0.2) is 32.2 Å². The minimum Gasteiger partial charge on any atom is -0.477 e. The average Bonchev–Trinajstić information content (AvgIpc) is 2.87. The topological polar surface area (TPSA) is 83.6 Å². The van der Waals surface area contributed by atoms with Crippen LogP contribution in [-0.2, 0) is 9.59 Å². The van der Waals surface area contributed by atoms with Gasteiger partial charge in [0.2, 0.25) is 0 Å². The number of carboxylic acids is 1. The van der Waals surface area contributed by atoms with Gasteiger partial charge in [0.1, 0.15) is 11.1 Å². The predicted molar refractivity (Wildman–Crippen MR) is 67.9 cm³/mol. The zero-order valence-electron chi connectivity index (χ0n) is 10.2. The number of β-lactam (4-membered cyclic amide) rings is 1. The fourth-order valence-corrected chi connectivity index (χ4v) is 3.21. The summed E-state index contributed by atoms with van der Waals surface area (Å²) in [4.78, 5) is 28.3. The lowest BCUT2D eigenvalue weighted by molar-refractivity contribution is -0.141. The molecule has 1 saturated heterocycles. The lowest BCUT2D eigenvalue weighted by Gasteiger charge is -2.36. The number of amides is 1. The van der Waals surface area contributed by atoms with E-state index < -0.39 is 5.97 Å². The SMILES string of the molecule is Cc1nc(C)c(/C=C2\C(=O)N3C(C(=O)O)=CS[C@H]23)o1. The van der Waals surface area contributed by atoms with E-state index in [9.17, 15) is 9.59 Å². The second kappa shape index (κ2) is 3.99. The number of aryl methyl sites for hydroxylation is 2. The summed E-state index contributed by atoms with van der Waals surface area (Å²) >= 11 is 1.30. The average molecular weight is 278 g/mol. The highest BCUT2D eigenvalue weighted by molar-refractivity contribution is 8.03. The van der Waals surface area contributed by atoms with Crippen LogP contribution in [0.3, 0.4) is 0 Å². The molecule has 19 heavy (non-hydrogen) atoms. The molecular formula is C12H10N2O4S. The van der Waals surface area contributed by atoms with Crippen LogP contribution >= 0.6 is 11.8 Å². The number of nitrogens with zero attached hydrogens (tertiary/aromatic N) is 2. The van der Waals surface area contributed by atoms with Crippen molar-refractivity contribution in [1.29, 1.82) is 0 Å². The standard InChI is InChI=1S/C12H10N2O4S/c1-5-9(18-6(2)13-5)3-7-10(15)14-8(12(16)17)4-19-11(7)14/h3-4,11H,1-2H3,(H,16,17)/b7-3+/t11-/m1/s1. The van der Waals surface area contributed by atoms with E-state index in [1.165, 1.54) is 22.1 Å². The van der Waals surface area contributed by atoms with Gasteiger partial charge in [-0.05, 0) is 13.0 Å². The van der Waals surface area contributed by atoms with E-state index in [0.717, 1.165) is 0 Å². The van der Waals surface area contributed by atoms with Crippen molar-refractivity contribution in [3.8, 4) is 0 Å². The number of fused-ring (bicyclic) bond motifs is 1. The largest absolute Gasteiger partial charge is 0.477 e. The zero-order chi connectivity index (χ0) is 13.7. The van der Waals surface area contributed by atoms with E-state index >= 15 is 0 Å². The highest BCUT2D eigenvalue weighted by Crippen LogP contribution is 2.45. The van der Waals surface area contributed by atoms with Crippen LogP contribution in [0, 0.1) is 13.8 Å². The molecule has 0 bridgehead atoms. The van der Waals surface area contributed by atoms with Gasteiger partial charge in [0.25, 0.3) is 5.91 Å². The van der Waals surface area contributed by atoms with Gasteiger partial charge in [0, 0.05) is 12.3 Å². The molecule has 1 amide bonds. The molecule has 1 N–H and O–H groups in total. The number of oxazole rings is 1. The number of hydrogen-bond donors (Lipinski definition) is 1. The van der Waals surface area contributed by atoms with Gasteiger partial charge in [0.05, 0.1) is 11.3 Å². The molecule has 7 heteroatoms. The summed E-state index contributed by atoms with van der Waals surface area (Å²) in [6, 6.07) is 0. The van der Waals surface area contributed by atoms with Crippen molar-refractivity contribution in [2.24, 2.45) is 0 Å². The third-order valence-electron chi connectivity index (χ3n) is 2.98. The van der Waals surface area contributed by atoms with Crippen molar-refractivity contribution >= 4 is 29.7 Å². The summed E-state index contributed by atoms with van der Waals surface area (Å²) < 4.78 is 5.39. The molecule has 3 rings (SSSR count). The molecule has 1 aromatic rings. The minimum absolute atomic E-state index is 0.0302. The fraction of sp³-hybridized carbons (Fsp3) is 0.250. The number of thioether (sulfide) groups is 1. The molecule has 0 saturated carbocycles. The van der Waals surface area contributed by atoms with Crippen molar-refractivity contribution in [2.45, 2.75) is 19.2 Å². The Labute approximate surface area is 112 Å². The third kappa shape index (κ3) is 1.69. The quantitative estimate of drug-likeness (QED) is 0.652. The van der Waals surface area contributed by atoms with E-state index in [-0.39, 0.29) is 17.0 Å². The van der Waals surface area contributed by atoms with Crippen LogP contribution < -0.4 is 0 Å². The number of aliphatic carboxylic acids is 1. The van der Waals surface area contributed by atoms with Crippen molar-refractivity contribution in [3.05, 3.63) is 34.0 Å². The van der Waals surface area contributed by atoms with E-state index in [1.807, 2.05) is 0 Å². The molecule has 2 aliphatic heterocycles. The lowest BCUT2D eigenvalue weighted by atomic mass is 10.0. The van der Waals surface area contributed by atoms with Crippen LogP contribution in [0.1, 0.15) is 17.3 Å². The molecule has 1 fully saturated rings. The zero-order valence-corrected chi connectivity index (χ0v) is 11.0. The second-order valence-electron chi connectivity index (χ2n) is 4.25. The summed E-state index contributed by atoms with van der Waals surface area (Å²) in [6.45, 7) is 3.53. The molecule has 0 aliphatic carbocycles. The Morgan fingerprint density at radius 2 is 2.32 bits per heavy atom. The normalized spacial score (nSPS) is 23.4. The van der Waals surface area contributed by atoms with Gasteiger partial charge in [-0.2, -0.15) is 0 Å². The number of aromatic nitrogens is 1. The highest BCUT2D eigenvalue weighted by atomic mass is 32.2. The lowest BCUT2D eigenvalue weighted by Crippen LogP contribution is -2.51. The summed E-state index contributed by atoms with van der Waals surface area (Å²) in [5.74, 6) is -0.299. The molecule has 1 atom stereocenters. The molecule has 0 aromatic carbocycles. The van der Waals surface area contributed by atoms with Gasteiger partial charge in [-0.15, -0.1) is 11.8 Å². The van der Waals surface area contributed by atoms with Crippen LogP contribution in [0.5, 0.6) is 0 Å².